The zero-order chi connectivity index (χ0) is 15.6. The van der Waals surface area contributed by atoms with Crippen molar-refractivity contribution in [1.29, 1.82) is 0 Å². The van der Waals surface area contributed by atoms with Crippen molar-refractivity contribution in [3.8, 4) is 0 Å². The van der Waals surface area contributed by atoms with Crippen molar-refractivity contribution in [2.45, 2.75) is 32.9 Å². The third-order valence-corrected chi connectivity index (χ3v) is 5.19. The highest BCUT2D eigenvalue weighted by Gasteiger charge is 2.32. The van der Waals surface area contributed by atoms with Crippen molar-refractivity contribution in [3.05, 3.63) is 35.4 Å². The van der Waals surface area contributed by atoms with Crippen molar-refractivity contribution in [2.24, 2.45) is 5.92 Å². The summed E-state index contributed by atoms with van der Waals surface area (Å²) in [6.45, 7) is 3.98. The molecule has 0 radical (unpaired) electrons. The maximum Gasteiger partial charge on any atom is 0.322 e. The molecule has 2 N–H and O–H groups in total. The Balaban J connectivity index is 2.16. The molecule has 0 amide bonds. The van der Waals surface area contributed by atoms with E-state index in [0.29, 0.717) is 13.0 Å². The van der Waals surface area contributed by atoms with E-state index in [1.165, 1.54) is 4.31 Å². The first kappa shape index (κ1) is 15.9. The quantitative estimate of drug-likeness (QED) is 0.849. The van der Waals surface area contributed by atoms with Crippen LogP contribution in [-0.2, 0) is 28.0 Å². The van der Waals surface area contributed by atoms with Crippen LogP contribution in [0, 0.1) is 5.92 Å². The number of fused-ring (bicyclic) bond motifs is 1. The van der Waals surface area contributed by atoms with Gasteiger partial charge in [0.15, 0.2) is 0 Å². The van der Waals surface area contributed by atoms with Gasteiger partial charge in [0.2, 0.25) is 0 Å². The van der Waals surface area contributed by atoms with Crippen molar-refractivity contribution in [1.82, 2.24) is 9.03 Å². The summed E-state index contributed by atoms with van der Waals surface area (Å²) in [5.41, 5.74) is 2.10. The van der Waals surface area contributed by atoms with Crippen LogP contribution in [-0.4, -0.2) is 36.4 Å². The molecule has 0 fully saturated rings. The van der Waals surface area contributed by atoms with Gasteiger partial charge in [-0.1, -0.05) is 38.1 Å². The Morgan fingerprint density at radius 2 is 1.90 bits per heavy atom. The van der Waals surface area contributed by atoms with Gasteiger partial charge in [-0.15, -0.1) is 0 Å². The molecular formula is C14H20N2O4S. The third-order valence-electron chi connectivity index (χ3n) is 3.64. The molecule has 7 heteroatoms. The van der Waals surface area contributed by atoms with Crippen molar-refractivity contribution in [2.75, 3.05) is 6.54 Å². The lowest BCUT2D eigenvalue weighted by molar-refractivity contribution is -0.140. The summed E-state index contributed by atoms with van der Waals surface area (Å²) in [6, 6.07) is 6.57. The molecule has 1 heterocycles. The molecule has 0 saturated heterocycles. The van der Waals surface area contributed by atoms with Gasteiger partial charge in [0, 0.05) is 13.1 Å². The largest absolute Gasteiger partial charge is 0.480 e. The molecule has 0 bridgehead atoms. The first-order valence-corrected chi connectivity index (χ1v) is 8.32. The number of carboxylic acid groups (broad SMARTS) is 1. The summed E-state index contributed by atoms with van der Waals surface area (Å²) in [6.07, 6.45) is 0.635. The molecule has 1 unspecified atom stereocenters. The van der Waals surface area contributed by atoms with Crippen LogP contribution in [0.4, 0.5) is 0 Å². The van der Waals surface area contributed by atoms with E-state index < -0.39 is 22.2 Å². The highest BCUT2D eigenvalue weighted by Crippen LogP contribution is 2.20. The maximum atomic E-state index is 12.4. The predicted octanol–water partition coefficient (Wildman–Crippen LogP) is 0.988. The number of nitrogens with zero attached hydrogens (tertiary/aromatic N) is 1. The van der Waals surface area contributed by atoms with Gasteiger partial charge in [-0.05, 0) is 23.5 Å². The molecule has 1 aromatic carbocycles. The van der Waals surface area contributed by atoms with E-state index in [2.05, 4.69) is 4.72 Å². The second kappa shape index (κ2) is 6.13. The molecule has 0 spiro atoms. The molecular weight excluding hydrogens is 292 g/mol. The summed E-state index contributed by atoms with van der Waals surface area (Å²) < 4.78 is 28.3. The van der Waals surface area contributed by atoms with E-state index in [-0.39, 0.29) is 12.5 Å². The van der Waals surface area contributed by atoms with Crippen LogP contribution >= 0.6 is 0 Å². The van der Waals surface area contributed by atoms with Crippen molar-refractivity contribution >= 4 is 16.2 Å². The Kier molecular flexibility index (Phi) is 4.65. The zero-order valence-corrected chi connectivity index (χ0v) is 12.9. The van der Waals surface area contributed by atoms with E-state index in [4.69, 9.17) is 5.11 Å². The minimum Gasteiger partial charge on any atom is -0.480 e. The highest BCUT2D eigenvalue weighted by atomic mass is 32.2. The Labute approximate surface area is 125 Å². The standard InChI is InChI=1S/C14H20N2O4S/c1-10(2)13(14(17)18)15-21(19,20)16-8-7-11-5-3-4-6-12(11)9-16/h3-6,10,13,15H,7-9H2,1-2H3,(H,17,18). The normalized spacial score (nSPS) is 17.5. The second-order valence-corrected chi connectivity index (χ2v) is 7.24. The third kappa shape index (κ3) is 3.61. The van der Waals surface area contributed by atoms with Gasteiger partial charge in [-0.25, -0.2) is 0 Å². The van der Waals surface area contributed by atoms with Gasteiger partial charge in [-0.2, -0.15) is 17.4 Å². The van der Waals surface area contributed by atoms with Gasteiger partial charge in [-0.3, -0.25) is 4.79 Å². The van der Waals surface area contributed by atoms with Gasteiger partial charge in [0.05, 0.1) is 0 Å². The number of aliphatic carboxylic acids is 1. The average molecular weight is 312 g/mol. The molecule has 1 aromatic rings. The Morgan fingerprint density at radius 1 is 1.29 bits per heavy atom. The lowest BCUT2D eigenvalue weighted by Crippen LogP contribution is -2.51. The average Bonchev–Trinajstić information content (AvgIpc) is 2.43. The lowest BCUT2D eigenvalue weighted by atomic mass is 10.0. The van der Waals surface area contributed by atoms with Gasteiger partial charge in [0.25, 0.3) is 10.2 Å². The van der Waals surface area contributed by atoms with E-state index in [1.807, 2.05) is 24.3 Å². The molecule has 2 rings (SSSR count). The molecule has 1 atom stereocenters. The molecule has 1 aliphatic rings. The molecule has 116 valence electrons. The van der Waals surface area contributed by atoms with E-state index in [0.717, 1.165) is 11.1 Å². The first-order valence-electron chi connectivity index (χ1n) is 6.88. The van der Waals surface area contributed by atoms with Crippen LogP contribution in [0.3, 0.4) is 0 Å². The van der Waals surface area contributed by atoms with Crippen molar-refractivity contribution in [3.63, 3.8) is 0 Å². The Hall–Kier alpha value is -1.44. The summed E-state index contributed by atoms with van der Waals surface area (Å²) in [5, 5.41) is 9.12. The van der Waals surface area contributed by atoms with E-state index in [9.17, 15) is 13.2 Å². The van der Waals surface area contributed by atoms with Crippen LogP contribution in [0.1, 0.15) is 25.0 Å². The molecule has 6 nitrogen and oxygen atoms in total. The van der Waals surface area contributed by atoms with E-state index >= 15 is 0 Å². The minimum atomic E-state index is -3.81. The molecule has 21 heavy (non-hydrogen) atoms. The van der Waals surface area contributed by atoms with Gasteiger partial charge in [0.1, 0.15) is 6.04 Å². The molecule has 0 aliphatic carbocycles. The number of carboxylic acids is 1. The van der Waals surface area contributed by atoms with Crippen LogP contribution < -0.4 is 4.72 Å². The maximum absolute atomic E-state index is 12.4. The number of nitrogens with one attached hydrogen (secondary N) is 1. The zero-order valence-electron chi connectivity index (χ0n) is 12.1. The fourth-order valence-electron chi connectivity index (χ4n) is 2.38. The minimum absolute atomic E-state index is 0.274. The van der Waals surface area contributed by atoms with Crippen molar-refractivity contribution < 1.29 is 18.3 Å². The number of rotatable bonds is 5. The number of hydrogen-bond donors (Lipinski definition) is 2. The molecule has 0 aromatic heterocycles. The van der Waals surface area contributed by atoms with Crippen LogP contribution in [0.5, 0.6) is 0 Å². The summed E-state index contributed by atoms with van der Waals surface area (Å²) in [4.78, 5) is 11.2. The Morgan fingerprint density at radius 3 is 2.48 bits per heavy atom. The first-order chi connectivity index (χ1) is 9.81. The number of carbonyl (C=O) groups is 1. The fraction of sp³-hybridized carbons (Fsp3) is 0.500. The Bertz CT molecular complexity index is 628. The number of hydrogen-bond acceptors (Lipinski definition) is 3. The van der Waals surface area contributed by atoms with Gasteiger partial charge < -0.3 is 5.11 Å². The second-order valence-electron chi connectivity index (χ2n) is 5.54. The smallest absolute Gasteiger partial charge is 0.322 e. The van der Waals surface area contributed by atoms with Gasteiger partial charge >= 0.3 is 5.97 Å². The lowest BCUT2D eigenvalue weighted by Gasteiger charge is -2.30. The monoisotopic (exact) mass is 312 g/mol. The fourth-order valence-corrected chi connectivity index (χ4v) is 3.87. The topological polar surface area (TPSA) is 86.7 Å². The number of benzene rings is 1. The van der Waals surface area contributed by atoms with Crippen LogP contribution in [0.2, 0.25) is 0 Å². The van der Waals surface area contributed by atoms with Crippen LogP contribution in [0.25, 0.3) is 0 Å². The van der Waals surface area contributed by atoms with Crippen LogP contribution in [0.15, 0.2) is 24.3 Å². The summed E-state index contributed by atoms with van der Waals surface area (Å²) in [5.74, 6) is -1.49. The predicted molar refractivity (Wildman–Crippen MR) is 78.9 cm³/mol. The summed E-state index contributed by atoms with van der Waals surface area (Å²) in [7, 11) is -3.81. The SMILES string of the molecule is CC(C)C(NS(=O)(=O)N1CCc2ccccc2C1)C(=O)O. The molecule has 1 aliphatic heterocycles. The highest BCUT2D eigenvalue weighted by molar-refractivity contribution is 7.87. The molecule has 0 saturated carbocycles. The van der Waals surface area contributed by atoms with E-state index in [1.54, 1.807) is 13.8 Å². The summed E-state index contributed by atoms with van der Waals surface area (Å²) >= 11 is 0.